The lowest BCUT2D eigenvalue weighted by atomic mass is 10.0. The van der Waals surface area contributed by atoms with Crippen molar-refractivity contribution in [1.82, 2.24) is 0 Å². The Morgan fingerprint density at radius 1 is 0.815 bits per heavy atom. The zero-order valence-corrected chi connectivity index (χ0v) is 14.9. The first kappa shape index (κ1) is 18.4. The van der Waals surface area contributed by atoms with Crippen LogP contribution in [0.15, 0.2) is 78.9 Å². The zero-order chi connectivity index (χ0) is 19.3. The number of nitriles is 1. The van der Waals surface area contributed by atoms with Gasteiger partial charge in [-0.05, 0) is 60.7 Å². The van der Waals surface area contributed by atoms with Crippen LogP contribution >= 0.6 is 7.82 Å². The molecule has 6 nitrogen and oxygen atoms in total. The van der Waals surface area contributed by atoms with E-state index >= 15 is 0 Å². The summed E-state index contributed by atoms with van der Waals surface area (Å²) >= 11 is 0. The van der Waals surface area contributed by atoms with E-state index in [0.29, 0.717) is 16.7 Å². The summed E-state index contributed by atoms with van der Waals surface area (Å²) in [6.45, 7) is 0. The summed E-state index contributed by atoms with van der Waals surface area (Å²) in [6, 6.07) is 22.2. The van der Waals surface area contributed by atoms with Gasteiger partial charge in [0.25, 0.3) is 0 Å². The third-order valence-electron chi connectivity index (χ3n) is 3.58. The van der Waals surface area contributed by atoms with E-state index in [1.54, 1.807) is 42.5 Å². The summed E-state index contributed by atoms with van der Waals surface area (Å²) in [5.74, 6) is 0.0582. The Morgan fingerprint density at radius 2 is 1.30 bits per heavy atom. The molecule has 1 unspecified atom stereocenters. The van der Waals surface area contributed by atoms with Crippen molar-refractivity contribution in [1.29, 1.82) is 5.26 Å². The van der Waals surface area contributed by atoms with Crippen molar-refractivity contribution in [3.8, 4) is 17.6 Å². The molecule has 3 aromatic rings. The molecule has 0 aromatic heterocycles. The van der Waals surface area contributed by atoms with Crippen LogP contribution in [0.4, 0.5) is 0 Å². The number of para-hydroxylation sites is 1. The van der Waals surface area contributed by atoms with E-state index in [-0.39, 0.29) is 17.3 Å². The van der Waals surface area contributed by atoms with Crippen molar-refractivity contribution in [2.75, 3.05) is 0 Å². The smallest absolute Gasteiger partial charge is 0.395 e. The van der Waals surface area contributed by atoms with Gasteiger partial charge in [0.05, 0.1) is 11.6 Å². The lowest BCUT2D eigenvalue weighted by Gasteiger charge is -2.13. The van der Waals surface area contributed by atoms with Gasteiger partial charge >= 0.3 is 7.82 Å². The van der Waals surface area contributed by atoms with E-state index in [2.05, 4.69) is 0 Å². The van der Waals surface area contributed by atoms with Crippen molar-refractivity contribution < 1.29 is 23.3 Å². The first-order valence-corrected chi connectivity index (χ1v) is 9.38. The Bertz CT molecular complexity index is 1020. The van der Waals surface area contributed by atoms with Crippen molar-refractivity contribution in [2.45, 2.75) is 0 Å². The second-order valence-electron chi connectivity index (χ2n) is 5.51. The van der Waals surface area contributed by atoms with Gasteiger partial charge in [-0.3, -0.25) is 9.69 Å². The normalized spacial score (nSPS) is 12.4. The maximum atomic E-state index is 12.4. The van der Waals surface area contributed by atoms with Crippen LogP contribution < -0.4 is 9.05 Å². The van der Waals surface area contributed by atoms with Gasteiger partial charge in [0.1, 0.15) is 11.5 Å². The highest BCUT2D eigenvalue weighted by molar-refractivity contribution is 7.48. The molecule has 7 heteroatoms. The van der Waals surface area contributed by atoms with Crippen molar-refractivity contribution in [3.63, 3.8) is 0 Å². The van der Waals surface area contributed by atoms with Crippen LogP contribution in [0.3, 0.4) is 0 Å². The first-order valence-electron chi connectivity index (χ1n) is 7.89. The highest BCUT2D eigenvalue weighted by Crippen LogP contribution is 2.44. The fourth-order valence-electron chi connectivity index (χ4n) is 2.30. The summed E-state index contributed by atoms with van der Waals surface area (Å²) in [6.07, 6.45) is 0. The minimum Gasteiger partial charge on any atom is -0.395 e. The number of phosphoric acid groups is 1. The van der Waals surface area contributed by atoms with Crippen LogP contribution in [0, 0.1) is 11.3 Å². The number of hydrogen-bond donors (Lipinski definition) is 1. The molecule has 0 aliphatic heterocycles. The molecule has 0 saturated carbocycles. The Balaban J connectivity index is 1.70. The Labute approximate surface area is 155 Å². The quantitative estimate of drug-likeness (QED) is 0.505. The minimum atomic E-state index is -4.36. The van der Waals surface area contributed by atoms with Gasteiger partial charge in [-0.2, -0.15) is 5.26 Å². The van der Waals surface area contributed by atoms with Crippen LogP contribution in [-0.2, 0) is 4.57 Å². The molecule has 0 aliphatic rings. The van der Waals surface area contributed by atoms with Crippen LogP contribution in [0.5, 0.6) is 11.5 Å². The van der Waals surface area contributed by atoms with Gasteiger partial charge in [-0.1, -0.05) is 18.2 Å². The average Bonchev–Trinajstić information content (AvgIpc) is 2.68. The first-order chi connectivity index (χ1) is 13.0. The molecule has 0 saturated heterocycles. The van der Waals surface area contributed by atoms with Gasteiger partial charge in [0.2, 0.25) is 0 Å². The monoisotopic (exact) mass is 379 g/mol. The van der Waals surface area contributed by atoms with Crippen LogP contribution in [0.1, 0.15) is 21.5 Å². The fraction of sp³-hybridized carbons (Fsp3) is 0. The number of carbonyl (C=O) groups is 1. The average molecular weight is 379 g/mol. The predicted octanol–water partition coefficient (Wildman–Crippen LogP) is 4.35. The van der Waals surface area contributed by atoms with Gasteiger partial charge < -0.3 is 9.05 Å². The molecule has 0 aliphatic carbocycles. The molecule has 3 rings (SSSR count). The molecule has 0 heterocycles. The highest BCUT2D eigenvalue weighted by Gasteiger charge is 2.25. The summed E-state index contributed by atoms with van der Waals surface area (Å²) in [5.41, 5.74) is 1.28. The highest BCUT2D eigenvalue weighted by atomic mass is 31.2. The molecule has 3 aromatic carbocycles. The third kappa shape index (κ3) is 4.83. The summed E-state index contributed by atoms with van der Waals surface area (Å²) in [7, 11) is -4.36. The predicted molar refractivity (Wildman–Crippen MR) is 98.6 cm³/mol. The molecule has 27 heavy (non-hydrogen) atoms. The number of carbonyl (C=O) groups excluding carboxylic acids is 1. The molecule has 1 N–H and O–H groups in total. The zero-order valence-electron chi connectivity index (χ0n) is 14.0. The van der Waals surface area contributed by atoms with Gasteiger partial charge in [-0.15, -0.1) is 0 Å². The molecule has 134 valence electrons. The molecule has 0 amide bonds. The molecule has 0 fully saturated rings. The SMILES string of the molecule is N#Cc1ccc(C(=O)c2ccc(OP(=O)(O)Oc3ccccc3)cc2)cc1. The fourth-order valence-corrected chi connectivity index (χ4v) is 3.11. The minimum absolute atomic E-state index is 0.0909. The third-order valence-corrected chi connectivity index (χ3v) is 4.46. The molecule has 0 radical (unpaired) electrons. The van der Waals surface area contributed by atoms with E-state index in [1.165, 1.54) is 36.4 Å². The van der Waals surface area contributed by atoms with Crippen LogP contribution in [0.2, 0.25) is 0 Å². The number of hydrogen-bond acceptors (Lipinski definition) is 5. The van der Waals surface area contributed by atoms with Crippen LogP contribution in [-0.4, -0.2) is 10.7 Å². The second-order valence-corrected chi connectivity index (χ2v) is 6.81. The van der Waals surface area contributed by atoms with Crippen molar-refractivity contribution >= 4 is 13.6 Å². The van der Waals surface area contributed by atoms with Crippen molar-refractivity contribution in [2.24, 2.45) is 0 Å². The molecular formula is C20H14NO5P. The molecule has 0 spiro atoms. The topological polar surface area (TPSA) is 96.6 Å². The van der Waals surface area contributed by atoms with E-state index in [4.69, 9.17) is 14.3 Å². The standard InChI is InChI=1S/C20H14NO5P/c21-14-15-6-8-16(9-7-15)20(22)17-10-12-19(13-11-17)26-27(23,24)25-18-4-2-1-3-5-18/h1-13H,(H,23,24). The lowest BCUT2D eigenvalue weighted by Crippen LogP contribution is -2.02. The van der Waals surface area contributed by atoms with Crippen LogP contribution in [0.25, 0.3) is 0 Å². The van der Waals surface area contributed by atoms with Crippen molar-refractivity contribution in [3.05, 3.63) is 95.6 Å². The van der Waals surface area contributed by atoms with E-state index in [1.807, 2.05) is 6.07 Å². The number of phosphoric ester groups is 1. The van der Waals surface area contributed by atoms with E-state index < -0.39 is 7.82 Å². The second kappa shape index (κ2) is 7.88. The summed E-state index contributed by atoms with van der Waals surface area (Å²) < 4.78 is 22.1. The lowest BCUT2D eigenvalue weighted by molar-refractivity contribution is 0.103. The molecule has 1 atom stereocenters. The Morgan fingerprint density at radius 3 is 1.81 bits per heavy atom. The summed E-state index contributed by atoms with van der Waals surface area (Å²) in [5, 5.41) is 8.80. The maximum absolute atomic E-state index is 12.4. The van der Waals surface area contributed by atoms with Gasteiger partial charge in [0, 0.05) is 11.1 Å². The largest absolute Gasteiger partial charge is 0.584 e. The van der Waals surface area contributed by atoms with Gasteiger partial charge in [0.15, 0.2) is 5.78 Å². The number of ketones is 1. The number of rotatable bonds is 6. The maximum Gasteiger partial charge on any atom is 0.584 e. The Kier molecular flexibility index (Phi) is 5.37. The molecular weight excluding hydrogens is 365 g/mol. The summed E-state index contributed by atoms with van der Waals surface area (Å²) in [4.78, 5) is 22.3. The molecule has 0 bridgehead atoms. The number of nitrogens with zero attached hydrogens (tertiary/aromatic N) is 1. The van der Waals surface area contributed by atoms with E-state index in [9.17, 15) is 14.3 Å². The Hall–Kier alpha value is -3.39. The van der Waals surface area contributed by atoms with Gasteiger partial charge in [-0.25, -0.2) is 4.57 Å². The number of benzene rings is 3. The van der Waals surface area contributed by atoms with E-state index in [0.717, 1.165) is 0 Å².